The maximum absolute atomic E-state index is 12.0. The van der Waals surface area contributed by atoms with Gasteiger partial charge in [-0.2, -0.15) is 5.10 Å². The van der Waals surface area contributed by atoms with E-state index in [-0.39, 0.29) is 5.91 Å². The monoisotopic (exact) mass is 312 g/mol. The largest absolute Gasteiger partial charge is 0.347 e. The molecule has 0 aliphatic heterocycles. The number of nitrogens with zero attached hydrogens (tertiary/aromatic N) is 3. The molecule has 2 heterocycles. The van der Waals surface area contributed by atoms with Gasteiger partial charge in [-0.15, -0.1) is 11.3 Å². The predicted octanol–water partition coefficient (Wildman–Crippen LogP) is 2.78. The van der Waals surface area contributed by atoms with E-state index in [4.69, 9.17) is 0 Å². The number of carbonyl (C=O) groups excluding carboxylic acids is 1. The number of aryl methyl sites for hydroxylation is 2. The third kappa shape index (κ3) is 3.07. The van der Waals surface area contributed by atoms with Crippen LogP contribution in [0.25, 0.3) is 10.6 Å². The number of hydrogen-bond donors (Lipinski definition) is 1. The van der Waals surface area contributed by atoms with Crippen LogP contribution in [0.5, 0.6) is 0 Å². The summed E-state index contributed by atoms with van der Waals surface area (Å²) in [5.74, 6) is -0.125. The van der Waals surface area contributed by atoms with Gasteiger partial charge in [-0.1, -0.05) is 24.3 Å². The van der Waals surface area contributed by atoms with E-state index in [1.165, 1.54) is 0 Å². The molecule has 0 saturated heterocycles. The number of thiazole rings is 1. The topological polar surface area (TPSA) is 59.8 Å². The molecule has 0 bridgehead atoms. The molecule has 1 aromatic carbocycles. The molecule has 0 radical (unpaired) electrons. The minimum Gasteiger partial charge on any atom is -0.347 e. The van der Waals surface area contributed by atoms with Gasteiger partial charge in [0, 0.05) is 36.4 Å². The van der Waals surface area contributed by atoms with Gasteiger partial charge in [-0.25, -0.2) is 4.98 Å². The first kappa shape index (κ1) is 14.5. The predicted molar refractivity (Wildman–Crippen MR) is 86.7 cm³/mol. The van der Waals surface area contributed by atoms with E-state index >= 15 is 0 Å². The van der Waals surface area contributed by atoms with Crippen molar-refractivity contribution in [2.45, 2.75) is 13.5 Å². The van der Waals surface area contributed by atoms with Crippen LogP contribution in [0.2, 0.25) is 0 Å². The van der Waals surface area contributed by atoms with Crippen molar-refractivity contribution in [3.63, 3.8) is 0 Å². The van der Waals surface area contributed by atoms with Crippen LogP contribution in [0.4, 0.5) is 0 Å². The Morgan fingerprint density at radius 2 is 2.05 bits per heavy atom. The van der Waals surface area contributed by atoms with Crippen molar-refractivity contribution in [2.75, 3.05) is 0 Å². The van der Waals surface area contributed by atoms with Crippen LogP contribution in [-0.2, 0) is 13.6 Å². The number of nitrogens with one attached hydrogen (secondary N) is 1. The fourth-order valence-electron chi connectivity index (χ4n) is 2.12. The highest BCUT2D eigenvalue weighted by molar-refractivity contribution is 7.13. The minimum absolute atomic E-state index is 0.125. The van der Waals surface area contributed by atoms with Crippen molar-refractivity contribution >= 4 is 17.2 Å². The molecule has 0 saturated carbocycles. The van der Waals surface area contributed by atoms with E-state index in [2.05, 4.69) is 15.4 Å². The number of rotatable bonds is 4. The summed E-state index contributed by atoms with van der Waals surface area (Å²) in [5.41, 5.74) is 3.73. The van der Waals surface area contributed by atoms with Crippen LogP contribution in [0.3, 0.4) is 0 Å². The quantitative estimate of drug-likeness (QED) is 0.806. The van der Waals surface area contributed by atoms with Crippen molar-refractivity contribution in [1.29, 1.82) is 0 Å². The van der Waals surface area contributed by atoms with Crippen LogP contribution in [0.15, 0.2) is 41.9 Å². The Morgan fingerprint density at radius 3 is 2.64 bits per heavy atom. The molecule has 1 N–H and O–H groups in total. The highest BCUT2D eigenvalue weighted by Crippen LogP contribution is 2.23. The normalized spacial score (nSPS) is 10.6. The smallest absolute Gasteiger partial charge is 0.269 e. The van der Waals surface area contributed by atoms with Gasteiger partial charge < -0.3 is 5.32 Å². The summed E-state index contributed by atoms with van der Waals surface area (Å²) >= 11 is 1.64. The Bertz CT molecular complexity index is 789. The standard InChI is InChI=1S/C16H16N4OS/c1-11-10-22-16(19-11)13-5-3-12(4-6-13)9-17-15(21)14-7-8-18-20(14)2/h3-8,10H,9H2,1-2H3,(H,17,21). The van der Waals surface area contributed by atoms with Crippen LogP contribution in [0.1, 0.15) is 21.7 Å². The van der Waals surface area contributed by atoms with Crippen LogP contribution >= 0.6 is 11.3 Å². The van der Waals surface area contributed by atoms with Gasteiger partial charge in [0.25, 0.3) is 5.91 Å². The first-order chi connectivity index (χ1) is 10.6. The second-order valence-corrected chi connectivity index (χ2v) is 5.87. The summed E-state index contributed by atoms with van der Waals surface area (Å²) in [6.07, 6.45) is 1.61. The summed E-state index contributed by atoms with van der Waals surface area (Å²) < 4.78 is 1.56. The summed E-state index contributed by atoms with van der Waals surface area (Å²) in [7, 11) is 1.75. The molecule has 0 aliphatic rings. The summed E-state index contributed by atoms with van der Waals surface area (Å²) in [6.45, 7) is 2.48. The molecule has 3 aromatic rings. The molecule has 0 fully saturated rings. The average Bonchev–Trinajstić information content (AvgIpc) is 3.14. The maximum Gasteiger partial charge on any atom is 0.269 e. The van der Waals surface area contributed by atoms with Gasteiger partial charge in [0.2, 0.25) is 0 Å². The lowest BCUT2D eigenvalue weighted by Gasteiger charge is -2.06. The second kappa shape index (κ2) is 6.11. The Hall–Kier alpha value is -2.47. The molecule has 0 unspecified atom stereocenters. The van der Waals surface area contributed by atoms with Gasteiger partial charge in [0.15, 0.2) is 0 Å². The number of carbonyl (C=O) groups is 1. The number of hydrogen-bond acceptors (Lipinski definition) is 4. The van der Waals surface area contributed by atoms with Crippen molar-refractivity contribution in [1.82, 2.24) is 20.1 Å². The number of amides is 1. The lowest BCUT2D eigenvalue weighted by molar-refractivity contribution is 0.0941. The lowest BCUT2D eigenvalue weighted by atomic mass is 10.1. The zero-order valence-corrected chi connectivity index (χ0v) is 13.2. The molecule has 0 aliphatic carbocycles. The zero-order valence-electron chi connectivity index (χ0n) is 12.4. The second-order valence-electron chi connectivity index (χ2n) is 5.01. The summed E-state index contributed by atoms with van der Waals surface area (Å²) in [5, 5.41) is 9.94. The van der Waals surface area contributed by atoms with Crippen LogP contribution < -0.4 is 5.32 Å². The average molecular weight is 312 g/mol. The molecule has 112 valence electrons. The molecule has 5 nitrogen and oxygen atoms in total. The lowest BCUT2D eigenvalue weighted by Crippen LogP contribution is -2.25. The van der Waals surface area contributed by atoms with E-state index in [1.807, 2.05) is 36.6 Å². The SMILES string of the molecule is Cc1csc(-c2ccc(CNC(=O)c3ccnn3C)cc2)n1. The Kier molecular flexibility index (Phi) is 4.02. The van der Waals surface area contributed by atoms with Gasteiger partial charge in [-0.05, 0) is 18.6 Å². The molecule has 22 heavy (non-hydrogen) atoms. The molecular weight excluding hydrogens is 296 g/mol. The summed E-state index contributed by atoms with van der Waals surface area (Å²) in [6, 6.07) is 9.78. The zero-order chi connectivity index (χ0) is 15.5. The molecule has 3 rings (SSSR count). The molecule has 0 spiro atoms. The fourth-order valence-corrected chi connectivity index (χ4v) is 2.93. The molecule has 6 heteroatoms. The van der Waals surface area contributed by atoms with E-state index in [0.717, 1.165) is 21.8 Å². The Labute approximate surface area is 132 Å². The van der Waals surface area contributed by atoms with Crippen molar-refractivity contribution in [2.24, 2.45) is 7.05 Å². The third-order valence-corrected chi connectivity index (χ3v) is 4.34. The number of benzene rings is 1. The van der Waals surface area contributed by atoms with Gasteiger partial charge in [0.1, 0.15) is 10.7 Å². The molecule has 2 aromatic heterocycles. The van der Waals surface area contributed by atoms with E-state index in [9.17, 15) is 4.79 Å². The van der Waals surface area contributed by atoms with Crippen molar-refractivity contribution in [3.8, 4) is 10.6 Å². The van der Waals surface area contributed by atoms with E-state index < -0.39 is 0 Å². The maximum atomic E-state index is 12.0. The third-order valence-electron chi connectivity index (χ3n) is 3.33. The highest BCUT2D eigenvalue weighted by atomic mass is 32.1. The summed E-state index contributed by atoms with van der Waals surface area (Å²) in [4.78, 5) is 16.5. The van der Waals surface area contributed by atoms with Gasteiger partial charge in [-0.3, -0.25) is 9.48 Å². The first-order valence-corrected chi connectivity index (χ1v) is 7.79. The molecule has 0 atom stereocenters. The number of aromatic nitrogens is 3. The van der Waals surface area contributed by atoms with E-state index in [1.54, 1.807) is 35.3 Å². The minimum atomic E-state index is -0.125. The van der Waals surface area contributed by atoms with Crippen LogP contribution in [-0.4, -0.2) is 20.7 Å². The van der Waals surface area contributed by atoms with Crippen molar-refractivity contribution in [3.05, 3.63) is 58.9 Å². The first-order valence-electron chi connectivity index (χ1n) is 6.91. The Balaban J connectivity index is 1.64. The van der Waals surface area contributed by atoms with E-state index in [0.29, 0.717) is 12.2 Å². The van der Waals surface area contributed by atoms with Crippen LogP contribution in [0, 0.1) is 6.92 Å². The van der Waals surface area contributed by atoms with Gasteiger partial charge in [0.05, 0.1) is 0 Å². The fraction of sp³-hybridized carbons (Fsp3) is 0.188. The Morgan fingerprint density at radius 1 is 1.27 bits per heavy atom. The molecular formula is C16H16N4OS. The van der Waals surface area contributed by atoms with Gasteiger partial charge >= 0.3 is 0 Å². The highest BCUT2D eigenvalue weighted by Gasteiger charge is 2.09. The van der Waals surface area contributed by atoms with Crippen molar-refractivity contribution < 1.29 is 4.79 Å². The molecule has 1 amide bonds.